The summed E-state index contributed by atoms with van der Waals surface area (Å²) in [7, 11) is 0. The van der Waals surface area contributed by atoms with Crippen molar-refractivity contribution in [2.75, 3.05) is 0 Å². The lowest BCUT2D eigenvalue weighted by Crippen LogP contribution is -2.12. The van der Waals surface area contributed by atoms with Crippen molar-refractivity contribution in [3.05, 3.63) is 52.0 Å². The summed E-state index contributed by atoms with van der Waals surface area (Å²) in [6.45, 7) is 2.11. The molecule has 2 N–H and O–H groups in total. The average molecular weight is 218 g/mol. The Kier molecular flexibility index (Phi) is 3.14. The van der Waals surface area contributed by atoms with E-state index in [9.17, 15) is 0 Å². The fraction of sp³-hybridized carbons (Fsp3) is 0.250. The van der Waals surface area contributed by atoms with Gasteiger partial charge in [-0.25, -0.2) is 0 Å². The van der Waals surface area contributed by atoms with Gasteiger partial charge in [-0.3, -0.25) is 4.98 Å². The van der Waals surface area contributed by atoms with Crippen LogP contribution in [0.3, 0.4) is 0 Å². The number of nitrogens with zero attached hydrogens (tertiary/aromatic N) is 1. The molecule has 2 aromatic heterocycles. The number of nitrogens with two attached hydrogens (primary N) is 1. The van der Waals surface area contributed by atoms with Gasteiger partial charge in [-0.1, -0.05) is 6.07 Å². The van der Waals surface area contributed by atoms with Gasteiger partial charge in [0.15, 0.2) is 0 Å². The van der Waals surface area contributed by atoms with Gasteiger partial charge in [-0.05, 0) is 30.7 Å². The monoisotopic (exact) mass is 218 g/mol. The maximum atomic E-state index is 6.10. The van der Waals surface area contributed by atoms with Crippen molar-refractivity contribution in [1.29, 1.82) is 0 Å². The van der Waals surface area contributed by atoms with Crippen LogP contribution in [0, 0.1) is 6.92 Å². The summed E-state index contributed by atoms with van der Waals surface area (Å²) >= 11 is 1.81. The summed E-state index contributed by atoms with van der Waals surface area (Å²) in [5, 5.41) is 0. The first-order valence-corrected chi connectivity index (χ1v) is 5.78. The van der Waals surface area contributed by atoms with Crippen LogP contribution in [0.2, 0.25) is 0 Å². The summed E-state index contributed by atoms with van der Waals surface area (Å²) in [4.78, 5) is 6.75. The Hall–Kier alpha value is -1.19. The standard InChI is InChI=1S/C12H14N2S/c1-9-4-5-11(15-9)7-12(13)10-3-2-6-14-8-10/h2-6,8,12H,7,13H2,1H3. The van der Waals surface area contributed by atoms with Crippen molar-refractivity contribution in [2.24, 2.45) is 5.73 Å². The zero-order valence-corrected chi connectivity index (χ0v) is 9.50. The molecule has 0 aliphatic carbocycles. The molecule has 78 valence electrons. The number of hydrogen-bond donors (Lipinski definition) is 1. The highest BCUT2D eigenvalue weighted by Crippen LogP contribution is 2.21. The highest BCUT2D eigenvalue weighted by Gasteiger charge is 2.07. The Balaban J connectivity index is 2.07. The third-order valence-electron chi connectivity index (χ3n) is 2.33. The van der Waals surface area contributed by atoms with Gasteiger partial charge in [0.05, 0.1) is 0 Å². The minimum absolute atomic E-state index is 0.0525. The Labute approximate surface area is 93.8 Å². The van der Waals surface area contributed by atoms with Crippen molar-refractivity contribution in [2.45, 2.75) is 19.4 Å². The van der Waals surface area contributed by atoms with Gasteiger partial charge in [0, 0.05) is 34.6 Å². The highest BCUT2D eigenvalue weighted by molar-refractivity contribution is 7.11. The van der Waals surface area contributed by atoms with Crippen molar-refractivity contribution >= 4 is 11.3 Å². The number of pyridine rings is 1. The van der Waals surface area contributed by atoms with Crippen LogP contribution in [-0.4, -0.2) is 4.98 Å². The molecular weight excluding hydrogens is 204 g/mol. The quantitative estimate of drug-likeness (QED) is 0.860. The topological polar surface area (TPSA) is 38.9 Å². The van der Waals surface area contributed by atoms with E-state index in [-0.39, 0.29) is 6.04 Å². The molecule has 2 heterocycles. The van der Waals surface area contributed by atoms with Crippen molar-refractivity contribution in [1.82, 2.24) is 4.98 Å². The van der Waals surface area contributed by atoms with Gasteiger partial charge in [-0.2, -0.15) is 0 Å². The molecule has 0 amide bonds. The maximum absolute atomic E-state index is 6.10. The first-order chi connectivity index (χ1) is 7.25. The minimum Gasteiger partial charge on any atom is -0.324 e. The van der Waals surface area contributed by atoms with Gasteiger partial charge < -0.3 is 5.73 Å². The van der Waals surface area contributed by atoms with E-state index in [2.05, 4.69) is 24.0 Å². The van der Waals surface area contributed by atoms with Crippen LogP contribution in [0.15, 0.2) is 36.7 Å². The normalized spacial score (nSPS) is 12.7. The zero-order valence-electron chi connectivity index (χ0n) is 8.68. The molecule has 0 saturated heterocycles. The average Bonchev–Trinajstić information content (AvgIpc) is 2.65. The highest BCUT2D eigenvalue weighted by atomic mass is 32.1. The van der Waals surface area contributed by atoms with Gasteiger partial charge in [0.1, 0.15) is 0 Å². The number of aromatic nitrogens is 1. The van der Waals surface area contributed by atoms with Gasteiger partial charge in [-0.15, -0.1) is 11.3 Å². The van der Waals surface area contributed by atoms with Crippen LogP contribution in [0.25, 0.3) is 0 Å². The fourth-order valence-electron chi connectivity index (χ4n) is 1.52. The lowest BCUT2D eigenvalue weighted by molar-refractivity contribution is 0.726. The second-order valence-corrected chi connectivity index (χ2v) is 4.98. The largest absolute Gasteiger partial charge is 0.324 e. The van der Waals surface area contributed by atoms with E-state index in [0.29, 0.717) is 0 Å². The Morgan fingerprint density at radius 1 is 1.40 bits per heavy atom. The van der Waals surface area contributed by atoms with E-state index in [0.717, 1.165) is 12.0 Å². The lowest BCUT2D eigenvalue weighted by Gasteiger charge is -2.09. The molecule has 1 unspecified atom stereocenters. The maximum Gasteiger partial charge on any atom is 0.0359 e. The fourth-order valence-corrected chi connectivity index (χ4v) is 2.47. The van der Waals surface area contributed by atoms with E-state index in [1.54, 1.807) is 6.20 Å². The number of rotatable bonds is 3. The minimum atomic E-state index is 0.0525. The van der Waals surface area contributed by atoms with E-state index in [1.165, 1.54) is 9.75 Å². The summed E-state index contributed by atoms with van der Waals surface area (Å²) in [6, 6.07) is 8.29. The number of hydrogen-bond acceptors (Lipinski definition) is 3. The molecule has 0 radical (unpaired) electrons. The van der Waals surface area contributed by atoms with Crippen LogP contribution in [0.1, 0.15) is 21.4 Å². The van der Waals surface area contributed by atoms with Gasteiger partial charge in [0.2, 0.25) is 0 Å². The number of aryl methyl sites for hydroxylation is 1. The Morgan fingerprint density at radius 3 is 2.87 bits per heavy atom. The van der Waals surface area contributed by atoms with E-state index < -0.39 is 0 Å². The van der Waals surface area contributed by atoms with Crippen molar-refractivity contribution in [3.8, 4) is 0 Å². The zero-order chi connectivity index (χ0) is 10.7. The Bertz CT molecular complexity index is 422. The predicted molar refractivity (Wildman–Crippen MR) is 63.9 cm³/mol. The molecule has 2 aromatic rings. The second-order valence-electron chi connectivity index (χ2n) is 3.61. The first kappa shape index (κ1) is 10.3. The van der Waals surface area contributed by atoms with Crippen LogP contribution >= 0.6 is 11.3 Å². The van der Waals surface area contributed by atoms with E-state index in [4.69, 9.17) is 5.73 Å². The van der Waals surface area contributed by atoms with Crippen molar-refractivity contribution in [3.63, 3.8) is 0 Å². The smallest absolute Gasteiger partial charge is 0.0359 e. The van der Waals surface area contributed by atoms with Crippen LogP contribution in [0.5, 0.6) is 0 Å². The molecule has 2 rings (SSSR count). The third-order valence-corrected chi connectivity index (χ3v) is 3.35. The second kappa shape index (κ2) is 4.55. The Morgan fingerprint density at radius 2 is 2.27 bits per heavy atom. The molecule has 0 saturated carbocycles. The summed E-state index contributed by atoms with van der Waals surface area (Å²) in [5.41, 5.74) is 7.20. The molecule has 0 bridgehead atoms. The molecular formula is C12H14N2S. The lowest BCUT2D eigenvalue weighted by atomic mass is 10.1. The van der Waals surface area contributed by atoms with Crippen LogP contribution in [-0.2, 0) is 6.42 Å². The molecule has 0 spiro atoms. The molecule has 1 atom stereocenters. The molecule has 2 nitrogen and oxygen atoms in total. The summed E-state index contributed by atoms with van der Waals surface area (Å²) in [6.07, 6.45) is 4.50. The molecule has 0 aliphatic heterocycles. The molecule has 0 fully saturated rings. The SMILES string of the molecule is Cc1ccc(CC(N)c2cccnc2)s1. The van der Waals surface area contributed by atoms with Crippen molar-refractivity contribution < 1.29 is 0 Å². The molecule has 0 aromatic carbocycles. The van der Waals surface area contributed by atoms with Crippen LogP contribution < -0.4 is 5.73 Å². The summed E-state index contributed by atoms with van der Waals surface area (Å²) < 4.78 is 0. The molecule has 0 aliphatic rings. The number of thiophene rings is 1. The molecule has 15 heavy (non-hydrogen) atoms. The van der Waals surface area contributed by atoms with Crippen LogP contribution in [0.4, 0.5) is 0 Å². The van der Waals surface area contributed by atoms with Gasteiger partial charge >= 0.3 is 0 Å². The predicted octanol–water partition coefficient (Wildman–Crippen LogP) is 2.69. The van der Waals surface area contributed by atoms with E-state index >= 15 is 0 Å². The van der Waals surface area contributed by atoms with E-state index in [1.807, 2.05) is 29.7 Å². The summed E-state index contributed by atoms with van der Waals surface area (Å²) in [5.74, 6) is 0. The van der Waals surface area contributed by atoms with Gasteiger partial charge in [0.25, 0.3) is 0 Å². The third kappa shape index (κ3) is 2.64. The first-order valence-electron chi connectivity index (χ1n) is 4.96. The molecule has 3 heteroatoms.